The van der Waals surface area contributed by atoms with Gasteiger partial charge in [0.2, 0.25) is 5.91 Å². The zero-order valence-electron chi connectivity index (χ0n) is 17.0. The summed E-state index contributed by atoms with van der Waals surface area (Å²) in [7, 11) is 0. The Hall–Kier alpha value is -3.07. The molecule has 32 heavy (non-hydrogen) atoms. The Morgan fingerprint density at radius 1 is 0.969 bits per heavy atom. The van der Waals surface area contributed by atoms with E-state index in [4.69, 9.17) is 11.6 Å². The van der Waals surface area contributed by atoms with Gasteiger partial charge >= 0.3 is 6.03 Å². The zero-order chi connectivity index (χ0) is 22.5. The smallest absolute Gasteiger partial charge is 0.323 e. The number of fused-ring (bicyclic) bond motifs is 1. The van der Waals surface area contributed by atoms with Gasteiger partial charge in [-0.3, -0.25) is 4.79 Å². The number of carbonyl (C=O) groups is 2. The summed E-state index contributed by atoms with van der Waals surface area (Å²) in [5, 5.41) is 8.99. The highest BCUT2D eigenvalue weighted by Gasteiger charge is 2.11. The van der Waals surface area contributed by atoms with E-state index in [0.29, 0.717) is 16.4 Å². The van der Waals surface area contributed by atoms with Gasteiger partial charge in [0.05, 0.1) is 26.7 Å². The summed E-state index contributed by atoms with van der Waals surface area (Å²) in [5.41, 5.74) is 3.82. The number of amides is 3. The molecule has 0 saturated carbocycles. The second-order valence-electron chi connectivity index (χ2n) is 6.87. The molecule has 0 atom stereocenters. The van der Waals surface area contributed by atoms with Crippen LogP contribution in [0.2, 0.25) is 5.02 Å². The van der Waals surface area contributed by atoms with Crippen molar-refractivity contribution in [3.8, 4) is 0 Å². The molecule has 3 N–H and O–H groups in total. The fourth-order valence-corrected chi connectivity index (χ4v) is 5.01. The first-order valence-electron chi connectivity index (χ1n) is 9.69. The van der Waals surface area contributed by atoms with E-state index in [1.54, 1.807) is 18.2 Å². The van der Waals surface area contributed by atoms with Gasteiger partial charge in [-0.2, -0.15) is 0 Å². The molecule has 3 aromatic carbocycles. The zero-order valence-corrected chi connectivity index (χ0v) is 19.4. The van der Waals surface area contributed by atoms with E-state index in [1.807, 2.05) is 55.5 Å². The molecule has 0 fully saturated rings. The number of urea groups is 1. The molecule has 0 saturated heterocycles. The van der Waals surface area contributed by atoms with Gasteiger partial charge in [0.1, 0.15) is 0 Å². The highest BCUT2D eigenvalue weighted by molar-refractivity contribution is 8.01. The van der Waals surface area contributed by atoms with Crippen LogP contribution in [0.1, 0.15) is 5.56 Å². The van der Waals surface area contributed by atoms with Crippen LogP contribution in [-0.4, -0.2) is 22.7 Å². The monoisotopic (exact) mass is 482 g/mol. The lowest BCUT2D eigenvalue weighted by molar-refractivity contribution is -0.113. The lowest BCUT2D eigenvalue weighted by Gasteiger charge is -2.09. The van der Waals surface area contributed by atoms with Crippen LogP contribution < -0.4 is 16.0 Å². The predicted octanol–water partition coefficient (Wildman–Crippen LogP) is 6.63. The van der Waals surface area contributed by atoms with E-state index in [-0.39, 0.29) is 17.7 Å². The summed E-state index contributed by atoms with van der Waals surface area (Å²) in [6.07, 6.45) is 0. The van der Waals surface area contributed by atoms with E-state index in [2.05, 4.69) is 20.9 Å². The normalized spacial score (nSPS) is 10.7. The number of rotatable bonds is 6. The van der Waals surface area contributed by atoms with Crippen LogP contribution in [-0.2, 0) is 4.79 Å². The van der Waals surface area contributed by atoms with E-state index >= 15 is 0 Å². The maximum atomic E-state index is 12.3. The molecule has 4 rings (SSSR count). The maximum Gasteiger partial charge on any atom is 0.323 e. The van der Waals surface area contributed by atoms with Crippen molar-refractivity contribution in [2.75, 3.05) is 21.7 Å². The molecule has 0 aliphatic rings. The first-order valence-corrected chi connectivity index (χ1v) is 11.9. The standard InChI is InChI=1S/C23H19ClN4O2S2/c1-14-6-2-4-8-17(14)27-22(30)25-15-10-11-19-20(12-15)32-23(28-19)31-13-21(29)26-18-9-5-3-7-16(18)24/h2-12H,13H2,1H3,(H,26,29)(H2,25,27,30). The Morgan fingerprint density at radius 3 is 2.50 bits per heavy atom. The van der Waals surface area contributed by atoms with Crippen LogP contribution in [0, 0.1) is 6.92 Å². The van der Waals surface area contributed by atoms with Crippen molar-refractivity contribution in [2.24, 2.45) is 0 Å². The van der Waals surface area contributed by atoms with Crippen molar-refractivity contribution < 1.29 is 9.59 Å². The molecule has 0 aliphatic carbocycles. The average Bonchev–Trinajstić information content (AvgIpc) is 3.18. The first-order chi connectivity index (χ1) is 15.5. The van der Waals surface area contributed by atoms with Gasteiger partial charge in [-0.1, -0.05) is 53.7 Å². The number of halogens is 1. The van der Waals surface area contributed by atoms with Gasteiger partial charge in [-0.25, -0.2) is 9.78 Å². The van der Waals surface area contributed by atoms with E-state index < -0.39 is 0 Å². The van der Waals surface area contributed by atoms with E-state index in [0.717, 1.165) is 25.8 Å². The Labute approximate surface area is 198 Å². The average molecular weight is 483 g/mol. The number of nitrogens with one attached hydrogen (secondary N) is 3. The molecule has 0 aliphatic heterocycles. The minimum Gasteiger partial charge on any atom is -0.324 e. The summed E-state index contributed by atoms with van der Waals surface area (Å²) < 4.78 is 1.70. The van der Waals surface area contributed by atoms with Crippen LogP contribution in [0.15, 0.2) is 71.1 Å². The Kier molecular flexibility index (Phi) is 6.94. The Morgan fingerprint density at radius 2 is 1.72 bits per heavy atom. The van der Waals surface area contributed by atoms with Crippen molar-refractivity contribution in [1.82, 2.24) is 4.98 Å². The van der Waals surface area contributed by atoms with Crippen molar-refractivity contribution in [2.45, 2.75) is 11.3 Å². The van der Waals surface area contributed by atoms with Gasteiger partial charge in [0, 0.05) is 11.4 Å². The van der Waals surface area contributed by atoms with Gasteiger partial charge in [-0.15, -0.1) is 11.3 Å². The molecule has 162 valence electrons. The van der Waals surface area contributed by atoms with Gasteiger partial charge in [0.15, 0.2) is 4.34 Å². The number of hydrogen-bond acceptors (Lipinski definition) is 5. The van der Waals surface area contributed by atoms with Crippen LogP contribution >= 0.6 is 34.7 Å². The number of aryl methyl sites for hydroxylation is 1. The van der Waals surface area contributed by atoms with Crippen molar-refractivity contribution in [3.05, 3.63) is 77.3 Å². The van der Waals surface area contributed by atoms with Crippen molar-refractivity contribution in [1.29, 1.82) is 0 Å². The van der Waals surface area contributed by atoms with Gasteiger partial charge < -0.3 is 16.0 Å². The third-order valence-electron chi connectivity index (χ3n) is 4.49. The SMILES string of the molecule is Cc1ccccc1NC(=O)Nc1ccc2nc(SCC(=O)Nc3ccccc3Cl)sc2c1. The summed E-state index contributed by atoms with van der Waals surface area (Å²) in [5.74, 6) is 0.0622. The largest absolute Gasteiger partial charge is 0.324 e. The molecule has 1 aromatic heterocycles. The van der Waals surface area contributed by atoms with Crippen LogP contribution in [0.5, 0.6) is 0 Å². The number of anilines is 3. The number of nitrogens with zero attached hydrogens (tertiary/aromatic N) is 1. The van der Waals surface area contributed by atoms with Crippen LogP contribution in [0.25, 0.3) is 10.2 Å². The Bertz CT molecular complexity index is 1290. The topological polar surface area (TPSA) is 83.1 Å². The summed E-state index contributed by atoms with van der Waals surface area (Å²) in [6, 6.07) is 19.9. The van der Waals surface area contributed by atoms with E-state index in [1.165, 1.54) is 23.1 Å². The number of thiazole rings is 1. The van der Waals surface area contributed by atoms with E-state index in [9.17, 15) is 9.59 Å². The summed E-state index contributed by atoms with van der Waals surface area (Å²) >= 11 is 8.90. The molecular weight excluding hydrogens is 464 g/mol. The number of benzene rings is 3. The fraction of sp³-hybridized carbons (Fsp3) is 0.0870. The van der Waals surface area contributed by atoms with Crippen LogP contribution in [0.4, 0.5) is 21.9 Å². The lowest BCUT2D eigenvalue weighted by atomic mass is 10.2. The highest BCUT2D eigenvalue weighted by Crippen LogP contribution is 2.31. The van der Waals surface area contributed by atoms with Crippen LogP contribution in [0.3, 0.4) is 0 Å². The molecule has 0 radical (unpaired) electrons. The molecule has 0 bridgehead atoms. The van der Waals surface area contributed by atoms with Gasteiger partial charge in [0.25, 0.3) is 0 Å². The molecule has 4 aromatic rings. The third-order valence-corrected chi connectivity index (χ3v) is 6.99. The quantitative estimate of drug-likeness (QED) is 0.269. The number of hydrogen-bond donors (Lipinski definition) is 3. The predicted molar refractivity (Wildman–Crippen MR) is 134 cm³/mol. The number of para-hydroxylation sites is 2. The second-order valence-corrected chi connectivity index (χ2v) is 9.53. The van der Waals surface area contributed by atoms with Gasteiger partial charge in [-0.05, 0) is 48.9 Å². The first kappa shape index (κ1) is 22.1. The molecule has 0 unspecified atom stereocenters. The molecule has 6 nitrogen and oxygen atoms in total. The minimum atomic E-state index is -0.311. The summed E-state index contributed by atoms with van der Waals surface area (Å²) in [4.78, 5) is 29.1. The van der Waals surface area contributed by atoms with Crippen molar-refractivity contribution >= 4 is 73.9 Å². The number of carbonyl (C=O) groups excluding carboxylic acids is 2. The number of aromatic nitrogens is 1. The fourth-order valence-electron chi connectivity index (χ4n) is 2.92. The molecule has 0 spiro atoms. The maximum absolute atomic E-state index is 12.3. The minimum absolute atomic E-state index is 0.155. The van der Waals surface area contributed by atoms with Crippen molar-refractivity contribution in [3.63, 3.8) is 0 Å². The second kappa shape index (κ2) is 10.0. The molecule has 9 heteroatoms. The lowest BCUT2D eigenvalue weighted by Crippen LogP contribution is -2.19. The highest BCUT2D eigenvalue weighted by atomic mass is 35.5. The molecule has 3 amide bonds. The third kappa shape index (κ3) is 5.59. The summed E-state index contributed by atoms with van der Waals surface area (Å²) in [6.45, 7) is 1.94. The molecular formula is C23H19ClN4O2S2. The Balaban J connectivity index is 1.36. The number of thioether (sulfide) groups is 1. The molecule has 1 heterocycles.